The molecule has 3 aromatic rings. The third kappa shape index (κ3) is 4.44. The van der Waals surface area contributed by atoms with Crippen molar-refractivity contribution in [3.8, 4) is 11.4 Å². The van der Waals surface area contributed by atoms with E-state index in [9.17, 15) is 4.79 Å². The molecule has 0 saturated heterocycles. The van der Waals surface area contributed by atoms with Gasteiger partial charge in [-0.3, -0.25) is 0 Å². The molecule has 2 N–H and O–H groups in total. The van der Waals surface area contributed by atoms with Crippen molar-refractivity contribution in [3.63, 3.8) is 0 Å². The van der Waals surface area contributed by atoms with Crippen LogP contribution in [0.25, 0.3) is 5.69 Å². The maximum Gasteiger partial charge on any atom is 0.319 e. The molecular weight excluding hydrogens is 362 g/mol. The number of rotatable bonds is 5. The molecule has 0 saturated carbocycles. The van der Waals surface area contributed by atoms with Crippen LogP contribution in [0, 0.1) is 13.8 Å². The lowest BCUT2D eigenvalue weighted by Crippen LogP contribution is -2.28. The minimum atomic E-state index is -0.264. The number of hydrogen-bond donors (Lipinski definition) is 2. The molecule has 0 atom stereocenters. The van der Waals surface area contributed by atoms with Crippen molar-refractivity contribution in [2.45, 2.75) is 20.4 Å². The Morgan fingerprint density at radius 3 is 2.56 bits per heavy atom. The fraction of sp³-hybridized carbons (Fsp3) is 0.190. The molecule has 2 amide bonds. The van der Waals surface area contributed by atoms with Gasteiger partial charge < -0.3 is 19.9 Å². The van der Waals surface area contributed by atoms with Gasteiger partial charge in [0, 0.05) is 40.4 Å². The van der Waals surface area contributed by atoms with Crippen molar-refractivity contribution in [2.75, 3.05) is 12.4 Å². The third-order valence-corrected chi connectivity index (χ3v) is 4.64. The van der Waals surface area contributed by atoms with Crippen LogP contribution in [0.15, 0.2) is 54.6 Å². The number of carbonyl (C=O) groups excluding carboxylic acids is 1. The standard InChI is InChI=1S/C21H22ClN3O2/c1-14-11-16(15(2)25(14)19-9-7-17(22)8-10-19)13-23-21(26)24-18-5-4-6-20(12-18)27-3/h4-12H,13H2,1-3H3,(H2,23,24,26). The molecule has 27 heavy (non-hydrogen) atoms. The summed E-state index contributed by atoms with van der Waals surface area (Å²) in [5.41, 5.74) is 4.96. The van der Waals surface area contributed by atoms with Gasteiger partial charge >= 0.3 is 6.03 Å². The van der Waals surface area contributed by atoms with Gasteiger partial charge in [0.2, 0.25) is 0 Å². The number of ether oxygens (including phenoxy) is 1. The summed E-state index contributed by atoms with van der Waals surface area (Å²) >= 11 is 5.98. The molecule has 6 heteroatoms. The maximum atomic E-state index is 12.2. The molecule has 5 nitrogen and oxygen atoms in total. The third-order valence-electron chi connectivity index (χ3n) is 4.39. The van der Waals surface area contributed by atoms with Gasteiger partial charge in [-0.15, -0.1) is 0 Å². The van der Waals surface area contributed by atoms with Crippen LogP contribution < -0.4 is 15.4 Å². The number of halogens is 1. The quantitative estimate of drug-likeness (QED) is 0.645. The highest BCUT2D eigenvalue weighted by Gasteiger charge is 2.12. The highest BCUT2D eigenvalue weighted by Crippen LogP contribution is 2.22. The molecule has 0 bridgehead atoms. The number of amides is 2. The Balaban J connectivity index is 1.68. The van der Waals surface area contributed by atoms with Gasteiger partial charge in [0.1, 0.15) is 5.75 Å². The summed E-state index contributed by atoms with van der Waals surface area (Å²) in [6.45, 7) is 4.52. The highest BCUT2D eigenvalue weighted by molar-refractivity contribution is 6.30. The topological polar surface area (TPSA) is 55.3 Å². The summed E-state index contributed by atoms with van der Waals surface area (Å²) in [4.78, 5) is 12.2. The largest absolute Gasteiger partial charge is 0.497 e. The van der Waals surface area contributed by atoms with Crippen LogP contribution in [0.1, 0.15) is 17.0 Å². The average Bonchev–Trinajstić information content (AvgIpc) is 2.94. The number of methoxy groups -OCH3 is 1. The second-order valence-electron chi connectivity index (χ2n) is 6.25. The predicted octanol–water partition coefficient (Wildman–Crippen LogP) is 5.08. The maximum absolute atomic E-state index is 12.2. The zero-order chi connectivity index (χ0) is 19.4. The number of aryl methyl sites for hydroxylation is 1. The van der Waals surface area contributed by atoms with Gasteiger partial charge in [-0.1, -0.05) is 17.7 Å². The summed E-state index contributed by atoms with van der Waals surface area (Å²) in [7, 11) is 1.59. The van der Waals surface area contributed by atoms with Crippen LogP contribution >= 0.6 is 11.6 Å². The van der Waals surface area contributed by atoms with Gasteiger partial charge in [-0.2, -0.15) is 0 Å². The first kappa shape index (κ1) is 18.9. The van der Waals surface area contributed by atoms with Crippen molar-refractivity contribution >= 4 is 23.3 Å². The zero-order valence-electron chi connectivity index (χ0n) is 15.5. The summed E-state index contributed by atoms with van der Waals surface area (Å²) in [6.07, 6.45) is 0. The number of aromatic nitrogens is 1. The Labute approximate surface area is 163 Å². The van der Waals surface area contributed by atoms with Crippen molar-refractivity contribution in [2.24, 2.45) is 0 Å². The Hall–Kier alpha value is -2.92. The van der Waals surface area contributed by atoms with E-state index < -0.39 is 0 Å². The number of nitrogens with zero attached hydrogens (tertiary/aromatic N) is 1. The monoisotopic (exact) mass is 383 g/mol. The summed E-state index contributed by atoms with van der Waals surface area (Å²) < 4.78 is 7.31. The normalized spacial score (nSPS) is 10.5. The molecule has 2 aromatic carbocycles. The molecule has 0 aliphatic rings. The van der Waals surface area contributed by atoms with Crippen LogP contribution in [0.4, 0.5) is 10.5 Å². The lowest BCUT2D eigenvalue weighted by Gasteiger charge is -2.11. The molecule has 0 aliphatic heterocycles. The number of hydrogen-bond acceptors (Lipinski definition) is 2. The highest BCUT2D eigenvalue weighted by atomic mass is 35.5. The minimum Gasteiger partial charge on any atom is -0.497 e. The second-order valence-corrected chi connectivity index (χ2v) is 6.68. The van der Waals surface area contributed by atoms with E-state index in [1.807, 2.05) is 56.3 Å². The molecule has 0 unspecified atom stereocenters. The molecule has 0 aliphatic carbocycles. The van der Waals surface area contributed by atoms with Gasteiger partial charge in [0.15, 0.2) is 0 Å². The van der Waals surface area contributed by atoms with Crippen LogP contribution in [0.5, 0.6) is 5.75 Å². The molecule has 1 heterocycles. The second kappa shape index (κ2) is 8.18. The van der Waals surface area contributed by atoms with E-state index >= 15 is 0 Å². The number of carbonyl (C=O) groups is 1. The first-order valence-electron chi connectivity index (χ1n) is 8.60. The smallest absolute Gasteiger partial charge is 0.319 e. The fourth-order valence-corrected chi connectivity index (χ4v) is 3.17. The molecular formula is C21H22ClN3O2. The van der Waals surface area contributed by atoms with E-state index in [1.54, 1.807) is 13.2 Å². The summed E-state index contributed by atoms with van der Waals surface area (Å²) in [5.74, 6) is 0.694. The average molecular weight is 384 g/mol. The van der Waals surface area contributed by atoms with Gasteiger partial charge in [0.25, 0.3) is 0 Å². The van der Waals surface area contributed by atoms with E-state index in [0.717, 1.165) is 22.6 Å². The molecule has 0 spiro atoms. The number of benzene rings is 2. The number of urea groups is 1. The van der Waals surface area contributed by atoms with E-state index in [1.165, 1.54) is 0 Å². The molecule has 3 rings (SSSR count). The fourth-order valence-electron chi connectivity index (χ4n) is 3.05. The van der Waals surface area contributed by atoms with Crippen molar-refractivity contribution in [1.82, 2.24) is 9.88 Å². The van der Waals surface area contributed by atoms with Crippen LogP contribution in [-0.4, -0.2) is 17.7 Å². The SMILES string of the molecule is COc1cccc(NC(=O)NCc2cc(C)n(-c3ccc(Cl)cc3)c2C)c1. The van der Waals surface area contributed by atoms with Crippen LogP contribution in [-0.2, 0) is 6.54 Å². The Morgan fingerprint density at radius 1 is 1.11 bits per heavy atom. The van der Waals surface area contributed by atoms with Crippen molar-refractivity contribution < 1.29 is 9.53 Å². The molecule has 0 radical (unpaired) electrons. The lowest BCUT2D eigenvalue weighted by atomic mass is 10.2. The van der Waals surface area contributed by atoms with Crippen molar-refractivity contribution in [3.05, 3.63) is 76.6 Å². The Kier molecular flexibility index (Phi) is 5.72. The van der Waals surface area contributed by atoms with Gasteiger partial charge in [-0.25, -0.2) is 4.79 Å². The number of anilines is 1. The predicted molar refractivity (Wildman–Crippen MR) is 109 cm³/mol. The van der Waals surface area contributed by atoms with E-state index in [-0.39, 0.29) is 6.03 Å². The van der Waals surface area contributed by atoms with E-state index in [2.05, 4.69) is 21.3 Å². The number of nitrogens with one attached hydrogen (secondary N) is 2. The lowest BCUT2D eigenvalue weighted by molar-refractivity contribution is 0.251. The molecule has 0 fully saturated rings. The summed E-state index contributed by atoms with van der Waals surface area (Å²) in [6, 6.07) is 16.8. The minimum absolute atomic E-state index is 0.264. The van der Waals surface area contributed by atoms with Crippen LogP contribution in [0.3, 0.4) is 0 Å². The Morgan fingerprint density at radius 2 is 1.85 bits per heavy atom. The van der Waals surface area contributed by atoms with Crippen molar-refractivity contribution in [1.29, 1.82) is 0 Å². The molecule has 1 aromatic heterocycles. The first-order valence-corrected chi connectivity index (χ1v) is 8.98. The molecule has 140 valence electrons. The first-order chi connectivity index (χ1) is 13.0. The van der Waals surface area contributed by atoms with E-state index in [0.29, 0.717) is 23.0 Å². The van der Waals surface area contributed by atoms with E-state index in [4.69, 9.17) is 16.3 Å². The van der Waals surface area contributed by atoms with Gasteiger partial charge in [0.05, 0.1) is 7.11 Å². The summed E-state index contributed by atoms with van der Waals surface area (Å²) in [5, 5.41) is 6.42. The van der Waals surface area contributed by atoms with Crippen LogP contribution in [0.2, 0.25) is 5.02 Å². The zero-order valence-corrected chi connectivity index (χ0v) is 16.3. The van der Waals surface area contributed by atoms with Gasteiger partial charge in [-0.05, 0) is 61.9 Å². The Bertz CT molecular complexity index is 949.